The summed E-state index contributed by atoms with van der Waals surface area (Å²) in [4.78, 5) is 19.0. The third-order valence-electron chi connectivity index (χ3n) is 5.57. The number of fused-ring (bicyclic) bond motifs is 1. The van der Waals surface area contributed by atoms with Crippen LogP contribution in [0.25, 0.3) is 0 Å². The second kappa shape index (κ2) is 8.29. The molecule has 2 aromatic rings. The van der Waals surface area contributed by atoms with Crippen molar-refractivity contribution in [2.75, 3.05) is 19.9 Å². The minimum absolute atomic E-state index is 0.0674. The molecule has 0 N–H and O–H groups in total. The van der Waals surface area contributed by atoms with Crippen LogP contribution in [-0.4, -0.2) is 54.1 Å². The van der Waals surface area contributed by atoms with Gasteiger partial charge in [0.25, 0.3) is 5.91 Å². The van der Waals surface area contributed by atoms with Crippen molar-refractivity contribution >= 4 is 17.5 Å². The molecule has 0 saturated carbocycles. The molecule has 3 atom stereocenters. The molecule has 1 aromatic heterocycles. The van der Waals surface area contributed by atoms with Crippen molar-refractivity contribution in [1.29, 1.82) is 0 Å². The second-order valence-corrected chi connectivity index (χ2v) is 7.88. The molecular formula is C21H20ClF3N2O4. The maximum atomic E-state index is 13.0. The van der Waals surface area contributed by atoms with Gasteiger partial charge in [-0.1, -0.05) is 17.7 Å². The van der Waals surface area contributed by atoms with Crippen LogP contribution in [0.3, 0.4) is 0 Å². The number of piperidine rings is 1. The second-order valence-electron chi connectivity index (χ2n) is 7.47. The van der Waals surface area contributed by atoms with E-state index in [4.69, 9.17) is 25.8 Å². The van der Waals surface area contributed by atoms with E-state index in [1.165, 1.54) is 18.2 Å². The lowest BCUT2D eigenvalue weighted by molar-refractivity contribution is -0.189. The van der Waals surface area contributed by atoms with Gasteiger partial charge in [0.05, 0.1) is 17.3 Å². The molecule has 31 heavy (non-hydrogen) atoms. The van der Waals surface area contributed by atoms with Gasteiger partial charge in [-0.05, 0) is 37.3 Å². The zero-order valence-electron chi connectivity index (χ0n) is 16.6. The predicted octanol–water partition coefficient (Wildman–Crippen LogP) is 4.18. The highest BCUT2D eigenvalue weighted by atomic mass is 35.5. The fraction of sp³-hybridized carbons (Fsp3) is 0.429. The lowest BCUT2D eigenvalue weighted by Gasteiger charge is -2.41. The Morgan fingerprint density at radius 3 is 2.84 bits per heavy atom. The number of rotatable bonds is 4. The number of ether oxygens (including phenoxy) is 3. The topological polar surface area (TPSA) is 60.9 Å². The average Bonchev–Trinajstić information content (AvgIpc) is 3.19. The molecule has 3 heterocycles. The molecule has 0 spiro atoms. The van der Waals surface area contributed by atoms with Gasteiger partial charge in [-0.2, -0.15) is 13.2 Å². The number of pyridine rings is 1. The molecule has 2 saturated heterocycles. The normalized spacial score (nSPS) is 24.5. The van der Waals surface area contributed by atoms with Crippen LogP contribution in [0.15, 0.2) is 42.6 Å². The molecule has 4 rings (SSSR count). The van der Waals surface area contributed by atoms with E-state index in [0.717, 1.165) is 12.6 Å². The third kappa shape index (κ3) is 4.22. The van der Waals surface area contributed by atoms with Crippen LogP contribution in [0.2, 0.25) is 5.02 Å². The molecule has 0 bridgehead atoms. The summed E-state index contributed by atoms with van der Waals surface area (Å²) in [5.41, 5.74) is 0.301. The number of aromatic nitrogens is 1. The quantitative estimate of drug-likeness (QED) is 0.690. The first-order valence-corrected chi connectivity index (χ1v) is 10.1. The zero-order valence-corrected chi connectivity index (χ0v) is 17.3. The molecule has 0 aliphatic carbocycles. The highest BCUT2D eigenvalue weighted by Crippen LogP contribution is 2.42. The molecule has 6 nitrogen and oxygen atoms in total. The zero-order chi connectivity index (χ0) is 22.2. The highest BCUT2D eigenvalue weighted by Gasteiger charge is 2.52. The summed E-state index contributed by atoms with van der Waals surface area (Å²) in [5, 5.41) is -0.0674. The third-order valence-corrected chi connectivity index (χ3v) is 5.87. The van der Waals surface area contributed by atoms with Gasteiger partial charge in [-0.25, -0.2) is 0 Å². The van der Waals surface area contributed by atoms with E-state index in [-0.39, 0.29) is 41.7 Å². The molecule has 0 radical (unpaired) electrons. The smallest absolute Gasteiger partial charge is 0.425 e. The number of halogens is 4. The van der Waals surface area contributed by atoms with Crippen LogP contribution in [0, 0.1) is 0 Å². The Bertz CT molecular complexity index is 959. The van der Waals surface area contributed by atoms with Gasteiger partial charge in [-0.3, -0.25) is 9.78 Å². The number of hydrogen-bond acceptors (Lipinski definition) is 5. The Labute approximate surface area is 181 Å². The number of nitrogens with zero attached hydrogens (tertiary/aromatic N) is 2. The van der Waals surface area contributed by atoms with Crippen LogP contribution in [-0.2, 0) is 15.1 Å². The SMILES string of the molecule is CC(Oc1ccc(C(=O)N2CC[C@]3(c4ccccn4)OCOC3C2)cc1Cl)C(F)(F)F. The van der Waals surface area contributed by atoms with Crippen LogP contribution >= 0.6 is 11.6 Å². The van der Waals surface area contributed by atoms with Crippen molar-refractivity contribution < 1.29 is 32.2 Å². The van der Waals surface area contributed by atoms with Crippen LogP contribution < -0.4 is 4.74 Å². The summed E-state index contributed by atoms with van der Waals surface area (Å²) in [7, 11) is 0. The van der Waals surface area contributed by atoms with Crippen molar-refractivity contribution in [2.24, 2.45) is 0 Å². The van der Waals surface area contributed by atoms with E-state index < -0.39 is 17.9 Å². The van der Waals surface area contributed by atoms with E-state index in [9.17, 15) is 18.0 Å². The number of alkyl halides is 3. The molecule has 2 aliphatic rings. The van der Waals surface area contributed by atoms with Gasteiger partial charge in [-0.15, -0.1) is 0 Å². The predicted molar refractivity (Wildman–Crippen MR) is 105 cm³/mol. The minimum atomic E-state index is -4.52. The number of hydrogen-bond donors (Lipinski definition) is 0. The van der Waals surface area contributed by atoms with Crippen molar-refractivity contribution in [1.82, 2.24) is 9.88 Å². The minimum Gasteiger partial charge on any atom is -0.480 e. The summed E-state index contributed by atoms with van der Waals surface area (Å²) in [6, 6.07) is 9.55. The Hall–Kier alpha value is -2.36. The van der Waals surface area contributed by atoms with Crippen molar-refractivity contribution in [3.63, 3.8) is 0 Å². The largest absolute Gasteiger partial charge is 0.480 e. The summed E-state index contributed by atoms with van der Waals surface area (Å²) in [5.74, 6) is -0.439. The van der Waals surface area contributed by atoms with E-state index in [1.54, 1.807) is 11.1 Å². The van der Waals surface area contributed by atoms with Gasteiger partial charge >= 0.3 is 6.18 Å². The first-order chi connectivity index (χ1) is 14.7. The molecule has 2 unspecified atom stereocenters. The van der Waals surface area contributed by atoms with E-state index in [0.29, 0.717) is 13.0 Å². The van der Waals surface area contributed by atoms with E-state index in [1.807, 2.05) is 18.2 Å². The van der Waals surface area contributed by atoms with Gasteiger partial charge in [0.2, 0.25) is 0 Å². The maximum Gasteiger partial charge on any atom is 0.425 e. The average molecular weight is 457 g/mol. The number of carbonyl (C=O) groups is 1. The maximum absolute atomic E-state index is 13.0. The van der Waals surface area contributed by atoms with E-state index in [2.05, 4.69) is 4.98 Å². The Morgan fingerprint density at radius 1 is 1.35 bits per heavy atom. The number of carbonyl (C=O) groups excluding carboxylic acids is 1. The summed E-state index contributed by atoms with van der Waals surface area (Å²) >= 11 is 6.08. The molecule has 10 heteroatoms. The first kappa shape index (κ1) is 21.9. The molecule has 166 valence electrons. The van der Waals surface area contributed by atoms with Crippen LogP contribution in [0.1, 0.15) is 29.4 Å². The summed E-state index contributed by atoms with van der Waals surface area (Å²) in [6.45, 7) is 1.69. The molecule has 1 aromatic carbocycles. The van der Waals surface area contributed by atoms with Gasteiger partial charge in [0.15, 0.2) is 6.10 Å². The Kier molecular flexibility index (Phi) is 5.85. The van der Waals surface area contributed by atoms with Crippen molar-refractivity contribution in [3.05, 3.63) is 58.9 Å². The number of likely N-dealkylation sites (tertiary alicyclic amines) is 1. The standard InChI is InChI=1S/C21H20ClF3N2O4/c1-13(21(23,24)25)31-16-6-5-14(10-15(16)22)19(28)27-9-7-20(17-4-2-3-8-26-17)18(11-27)29-12-30-20/h2-6,8,10,13,18H,7,9,11-12H2,1H3/t13?,18?,20-/m1/s1. The van der Waals surface area contributed by atoms with Crippen LogP contribution in [0.4, 0.5) is 13.2 Å². The van der Waals surface area contributed by atoms with Crippen molar-refractivity contribution in [3.8, 4) is 5.75 Å². The van der Waals surface area contributed by atoms with Gasteiger partial charge in [0.1, 0.15) is 24.2 Å². The van der Waals surface area contributed by atoms with E-state index >= 15 is 0 Å². The molecule has 1 amide bonds. The fourth-order valence-electron chi connectivity index (χ4n) is 3.81. The molecule has 2 aliphatic heterocycles. The van der Waals surface area contributed by atoms with Crippen molar-refractivity contribution in [2.45, 2.75) is 37.3 Å². The summed E-state index contributed by atoms with van der Waals surface area (Å²) in [6.07, 6.45) is -4.74. The lowest BCUT2D eigenvalue weighted by Crippen LogP contribution is -2.53. The Balaban J connectivity index is 1.48. The highest BCUT2D eigenvalue weighted by molar-refractivity contribution is 6.32. The van der Waals surface area contributed by atoms with Gasteiger partial charge < -0.3 is 19.1 Å². The number of benzene rings is 1. The lowest BCUT2D eigenvalue weighted by atomic mass is 9.85. The fourth-order valence-corrected chi connectivity index (χ4v) is 4.03. The number of amides is 1. The molecular weight excluding hydrogens is 437 g/mol. The Morgan fingerprint density at radius 2 is 2.16 bits per heavy atom. The monoisotopic (exact) mass is 456 g/mol. The first-order valence-electron chi connectivity index (χ1n) is 9.70. The van der Waals surface area contributed by atoms with Crippen LogP contribution in [0.5, 0.6) is 5.75 Å². The summed E-state index contributed by atoms with van der Waals surface area (Å²) < 4.78 is 54.7. The van der Waals surface area contributed by atoms with Gasteiger partial charge in [0, 0.05) is 24.7 Å². The molecule has 2 fully saturated rings.